The fraction of sp³-hybridized carbons (Fsp3) is 1.00. The van der Waals surface area contributed by atoms with Gasteiger partial charge in [-0.3, -0.25) is 0 Å². The highest BCUT2D eigenvalue weighted by atomic mass is 35.5. The summed E-state index contributed by atoms with van der Waals surface area (Å²) in [5, 5.41) is 0. The van der Waals surface area contributed by atoms with E-state index in [1.54, 1.807) is 0 Å². The maximum Gasteiger partial charge on any atom is 0.0170 e. The molecule has 0 aromatic rings. The van der Waals surface area contributed by atoms with Crippen molar-refractivity contribution < 1.29 is 0 Å². The molecule has 1 atom stereocenters. The third kappa shape index (κ3) is 8.32. The van der Waals surface area contributed by atoms with E-state index < -0.39 is 0 Å². The van der Waals surface area contributed by atoms with Crippen molar-refractivity contribution in [2.45, 2.75) is 45.6 Å². The van der Waals surface area contributed by atoms with Crippen LogP contribution in [0.5, 0.6) is 0 Å². The quantitative estimate of drug-likeness (QED) is 0.839. The molecular formula is C11H26Cl2N2. The van der Waals surface area contributed by atoms with Gasteiger partial charge in [-0.1, -0.05) is 20.3 Å². The number of nitrogens with zero attached hydrogens (tertiary/aromatic N) is 1. The normalized spacial score (nSPS) is 19.2. The van der Waals surface area contributed by atoms with Crippen molar-refractivity contribution in [3.05, 3.63) is 0 Å². The van der Waals surface area contributed by atoms with Gasteiger partial charge in [-0.2, -0.15) is 0 Å². The van der Waals surface area contributed by atoms with E-state index in [1.165, 1.54) is 32.4 Å². The Morgan fingerprint density at radius 3 is 2.07 bits per heavy atom. The number of rotatable bonds is 4. The first-order valence-corrected chi connectivity index (χ1v) is 5.66. The molecule has 0 spiro atoms. The average molecular weight is 257 g/mol. The van der Waals surface area contributed by atoms with Crippen LogP contribution >= 0.6 is 24.8 Å². The minimum Gasteiger partial charge on any atom is -0.327 e. The number of halogens is 2. The molecule has 1 aliphatic heterocycles. The van der Waals surface area contributed by atoms with E-state index in [1.807, 2.05) is 0 Å². The van der Waals surface area contributed by atoms with E-state index in [0.29, 0.717) is 6.04 Å². The van der Waals surface area contributed by atoms with Crippen LogP contribution < -0.4 is 5.73 Å². The minimum absolute atomic E-state index is 0. The molecule has 0 radical (unpaired) electrons. The highest BCUT2D eigenvalue weighted by Crippen LogP contribution is 2.10. The van der Waals surface area contributed by atoms with Crippen molar-refractivity contribution in [3.63, 3.8) is 0 Å². The van der Waals surface area contributed by atoms with Gasteiger partial charge in [0, 0.05) is 12.6 Å². The van der Waals surface area contributed by atoms with Crippen LogP contribution in [0.3, 0.4) is 0 Å². The molecule has 15 heavy (non-hydrogen) atoms. The average Bonchev–Trinajstić information content (AvgIpc) is 2.04. The monoisotopic (exact) mass is 256 g/mol. The van der Waals surface area contributed by atoms with Gasteiger partial charge in [0.1, 0.15) is 0 Å². The summed E-state index contributed by atoms with van der Waals surface area (Å²) in [6.45, 7) is 8.14. The number of hydrogen-bond acceptors (Lipinski definition) is 2. The fourth-order valence-electron chi connectivity index (χ4n) is 2.15. The zero-order chi connectivity index (χ0) is 9.68. The first-order valence-electron chi connectivity index (χ1n) is 5.66. The van der Waals surface area contributed by atoms with Gasteiger partial charge in [-0.15, -0.1) is 24.8 Å². The molecule has 0 bridgehead atoms. The molecule has 1 heterocycles. The van der Waals surface area contributed by atoms with Gasteiger partial charge in [0.15, 0.2) is 0 Å². The Balaban J connectivity index is 0. The molecule has 0 saturated carbocycles. The van der Waals surface area contributed by atoms with Gasteiger partial charge in [0.25, 0.3) is 0 Å². The van der Waals surface area contributed by atoms with Crippen LogP contribution in [0.25, 0.3) is 0 Å². The summed E-state index contributed by atoms with van der Waals surface area (Å²) >= 11 is 0. The maximum absolute atomic E-state index is 6.06. The van der Waals surface area contributed by atoms with E-state index in [2.05, 4.69) is 18.7 Å². The smallest absolute Gasteiger partial charge is 0.0170 e. The van der Waals surface area contributed by atoms with E-state index in [0.717, 1.165) is 18.9 Å². The SMILES string of the molecule is CC(C)CC(N)CN1CCCCC1.Cl.Cl. The summed E-state index contributed by atoms with van der Waals surface area (Å²) in [5.74, 6) is 0.736. The van der Waals surface area contributed by atoms with Crippen LogP contribution in [0.15, 0.2) is 0 Å². The summed E-state index contributed by atoms with van der Waals surface area (Å²) in [6.07, 6.45) is 5.31. The Morgan fingerprint density at radius 2 is 1.60 bits per heavy atom. The van der Waals surface area contributed by atoms with Gasteiger partial charge >= 0.3 is 0 Å². The van der Waals surface area contributed by atoms with Crippen LogP contribution in [0.2, 0.25) is 0 Å². The van der Waals surface area contributed by atoms with Crippen molar-refractivity contribution in [3.8, 4) is 0 Å². The van der Waals surface area contributed by atoms with Crippen LogP contribution in [0, 0.1) is 5.92 Å². The topological polar surface area (TPSA) is 29.3 Å². The van der Waals surface area contributed by atoms with Crippen molar-refractivity contribution in [2.24, 2.45) is 11.7 Å². The van der Waals surface area contributed by atoms with Crippen LogP contribution in [0.4, 0.5) is 0 Å². The molecule has 1 rings (SSSR count). The summed E-state index contributed by atoms with van der Waals surface area (Å²) in [7, 11) is 0. The lowest BCUT2D eigenvalue weighted by atomic mass is 10.0. The summed E-state index contributed by atoms with van der Waals surface area (Å²) < 4.78 is 0. The zero-order valence-electron chi connectivity index (χ0n) is 9.95. The van der Waals surface area contributed by atoms with Gasteiger partial charge < -0.3 is 10.6 Å². The Bertz CT molecular complexity index is 137. The standard InChI is InChI=1S/C11H24N2.2ClH/c1-10(2)8-11(12)9-13-6-4-3-5-7-13;;/h10-11H,3-9,12H2,1-2H3;2*1H. The van der Waals surface area contributed by atoms with Crippen molar-refractivity contribution >= 4 is 24.8 Å². The molecule has 1 aliphatic rings. The van der Waals surface area contributed by atoms with E-state index in [9.17, 15) is 0 Å². The van der Waals surface area contributed by atoms with E-state index >= 15 is 0 Å². The van der Waals surface area contributed by atoms with Gasteiger partial charge in [0.05, 0.1) is 0 Å². The second-order valence-electron chi connectivity index (χ2n) is 4.75. The second kappa shape index (κ2) is 9.71. The lowest BCUT2D eigenvalue weighted by molar-refractivity contribution is 0.209. The zero-order valence-corrected chi connectivity index (χ0v) is 11.6. The molecule has 0 aromatic carbocycles. The maximum atomic E-state index is 6.06. The highest BCUT2D eigenvalue weighted by Gasteiger charge is 2.14. The van der Waals surface area contributed by atoms with Crippen LogP contribution in [-0.4, -0.2) is 30.6 Å². The van der Waals surface area contributed by atoms with Gasteiger partial charge in [-0.25, -0.2) is 0 Å². The first-order chi connectivity index (χ1) is 6.18. The predicted molar refractivity (Wildman–Crippen MR) is 72.2 cm³/mol. The minimum atomic E-state index is 0. The Labute approximate surface area is 107 Å². The Kier molecular flexibility index (Phi) is 11.6. The van der Waals surface area contributed by atoms with E-state index in [-0.39, 0.29) is 24.8 Å². The molecule has 2 nitrogen and oxygen atoms in total. The van der Waals surface area contributed by atoms with Gasteiger partial charge in [-0.05, 0) is 38.3 Å². The molecule has 2 N–H and O–H groups in total. The van der Waals surface area contributed by atoms with E-state index in [4.69, 9.17) is 5.73 Å². The third-order valence-electron chi connectivity index (χ3n) is 2.72. The molecule has 1 saturated heterocycles. The summed E-state index contributed by atoms with van der Waals surface area (Å²) in [5.41, 5.74) is 6.06. The third-order valence-corrected chi connectivity index (χ3v) is 2.72. The largest absolute Gasteiger partial charge is 0.327 e. The molecule has 0 aromatic heterocycles. The number of hydrogen-bond donors (Lipinski definition) is 1. The molecule has 1 fully saturated rings. The molecule has 94 valence electrons. The number of likely N-dealkylation sites (tertiary alicyclic amines) is 1. The lowest BCUT2D eigenvalue weighted by Crippen LogP contribution is -2.40. The summed E-state index contributed by atoms with van der Waals surface area (Å²) in [6, 6.07) is 0.387. The second-order valence-corrected chi connectivity index (χ2v) is 4.75. The number of nitrogens with two attached hydrogens (primary N) is 1. The first kappa shape index (κ1) is 17.9. The molecule has 0 aliphatic carbocycles. The Morgan fingerprint density at radius 1 is 1.07 bits per heavy atom. The lowest BCUT2D eigenvalue weighted by Gasteiger charge is -2.29. The van der Waals surface area contributed by atoms with Crippen LogP contribution in [0.1, 0.15) is 39.5 Å². The Hall–Kier alpha value is 0.500. The van der Waals surface area contributed by atoms with Crippen molar-refractivity contribution in [1.82, 2.24) is 4.90 Å². The molecule has 0 amide bonds. The molecular weight excluding hydrogens is 231 g/mol. The van der Waals surface area contributed by atoms with Crippen molar-refractivity contribution in [1.29, 1.82) is 0 Å². The molecule has 1 unspecified atom stereocenters. The number of piperidine rings is 1. The van der Waals surface area contributed by atoms with Crippen molar-refractivity contribution in [2.75, 3.05) is 19.6 Å². The van der Waals surface area contributed by atoms with Crippen LogP contribution in [-0.2, 0) is 0 Å². The molecule has 4 heteroatoms. The predicted octanol–water partition coefficient (Wildman–Crippen LogP) is 2.69. The summed E-state index contributed by atoms with van der Waals surface area (Å²) in [4.78, 5) is 2.52. The highest BCUT2D eigenvalue weighted by molar-refractivity contribution is 5.85. The fourth-order valence-corrected chi connectivity index (χ4v) is 2.15. The van der Waals surface area contributed by atoms with Gasteiger partial charge in [0.2, 0.25) is 0 Å².